The van der Waals surface area contributed by atoms with Gasteiger partial charge in [-0.1, -0.05) is 0 Å². The van der Waals surface area contributed by atoms with Crippen molar-refractivity contribution in [3.8, 4) is 0 Å². The molecule has 0 aliphatic carbocycles. The molecule has 0 bridgehead atoms. The molecule has 5 N–H and O–H groups in total. The Kier molecular flexibility index (Phi) is 2.93. The molecule has 0 saturated heterocycles. The second-order valence-electron chi connectivity index (χ2n) is 4.43. The first kappa shape index (κ1) is 11.4. The van der Waals surface area contributed by atoms with Crippen LogP contribution in [0.1, 0.15) is 20.8 Å². The van der Waals surface area contributed by atoms with E-state index < -0.39 is 0 Å². The van der Waals surface area contributed by atoms with Gasteiger partial charge in [0.2, 0.25) is 0 Å². The molecule has 0 unspecified atom stereocenters. The summed E-state index contributed by atoms with van der Waals surface area (Å²) in [5.74, 6) is 0.280. The first-order valence-corrected chi connectivity index (χ1v) is 4.82. The Labute approximate surface area is 89.8 Å². The lowest BCUT2D eigenvalue weighted by Gasteiger charge is -2.39. The zero-order chi connectivity index (χ0) is 11.6. The molecule has 1 amide bonds. The maximum absolute atomic E-state index is 12.0. The fourth-order valence-corrected chi connectivity index (χ4v) is 1.39. The third-order valence-corrected chi connectivity index (χ3v) is 2.27. The molecule has 15 heavy (non-hydrogen) atoms. The molecule has 5 heteroatoms. The van der Waals surface area contributed by atoms with Crippen molar-refractivity contribution >= 4 is 5.91 Å². The summed E-state index contributed by atoms with van der Waals surface area (Å²) in [4.78, 5) is 13.7. The van der Waals surface area contributed by atoms with Gasteiger partial charge >= 0.3 is 0 Å². The Morgan fingerprint density at radius 3 is 2.53 bits per heavy atom. The van der Waals surface area contributed by atoms with E-state index in [4.69, 9.17) is 11.5 Å². The van der Waals surface area contributed by atoms with E-state index in [0.717, 1.165) is 0 Å². The van der Waals surface area contributed by atoms with Crippen molar-refractivity contribution in [3.63, 3.8) is 0 Å². The molecule has 0 saturated carbocycles. The minimum atomic E-state index is -0.238. The molecule has 0 fully saturated rings. The summed E-state index contributed by atoms with van der Waals surface area (Å²) in [5.41, 5.74) is 11.1. The van der Waals surface area contributed by atoms with Gasteiger partial charge in [-0.05, 0) is 33.0 Å². The zero-order valence-electron chi connectivity index (χ0n) is 9.37. The molecule has 1 heterocycles. The highest BCUT2D eigenvalue weighted by atomic mass is 16.2. The van der Waals surface area contributed by atoms with Gasteiger partial charge in [0.1, 0.15) is 5.82 Å². The van der Waals surface area contributed by atoms with Crippen molar-refractivity contribution in [1.29, 1.82) is 0 Å². The van der Waals surface area contributed by atoms with Gasteiger partial charge in [-0.15, -0.1) is 0 Å². The summed E-state index contributed by atoms with van der Waals surface area (Å²) in [6.07, 6.45) is 2.83. The van der Waals surface area contributed by atoms with Gasteiger partial charge in [-0.2, -0.15) is 0 Å². The summed E-state index contributed by atoms with van der Waals surface area (Å²) in [6.45, 7) is 6.34. The Bertz CT molecular complexity index is 325. The van der Waals surface area contributed by atoms with Gasteiger partial charge in [0.15, 0.2) is 0 Å². The van der Waals surface area contributed by atoms with Crippen LogP contribution in [0.4, 0.5) is 0 Å². The highest BCUT2D eigenvalue weighted by Crippen LogP contribution is 2.19. The number of amides is 1. The number of rotatable bonds is 1. The fourth-order valence-electron chi connectivity index (χ4n) is 1.39. The van der Waals surface area contributed by atoms with Gasteiger partial charge in [0.25, 0.3) is 5.91 Å². The molecular formula is C10H18N4O. The predicted molar refractivity (Wildman–Crippen MR) is 59.1 cm³/mol. The van der Waals surface area contributed by atoms with E-state index in [2.05, 4.69) is 5.32 Å². The smallest absolute Gasteiger partial charge is 0.259 e. The van der Waals surface area contributed by atoms with Gasteiger partial charge in [-0.3, -0.25) is 4.79 Å². The molecule has 1 aliphatic rings. The van der Waals surface area contributed by atoms with Crippen LogP contribution < -0.4 is 16.8 Å². The van der Waals surface area contributed by atoms with Crippen LogP contribution in [-0.4, -0.2) is 23.0 Å². The van der Waals surface area contributed by atoms with Crippen LogP contribution in [0.3, 0.4) is 0 Å². The van der Waals surface area contributed by atoms with Crippen LogP contribution in [0.25, 0.3) is 0 Å². The van der Waals surface area contributed by atoms with Crippen molar-refractivity contribution in [2.45, 2.75) is 26.3 Å². The van der Waals surface area contributed by atoms with Crippen molar-refractivity contribution in [2.75, 3.05) is 6.67 Å². The van der Waals surface area contributed by atoms with Gasteiger partial charge in [0, 0.05) is 5.54 Å². The Morgan fingerprint density at radius 2 is 2.07 bits per heavy atom. The van der Waals surface area contributed by atoms with E-state index in [1.807, 2.05) is 20.8 Å². The topological polar surface area (TPSA) is 84.4 Å². The molecule has 0 aromatic heterocycles. The van der Waals surface area contributed by atoms with Crippen LogP contribution in [0, 0.1) is 0 Å². The van der Waals surface area contributed by atoms with Crippen molar-refractivity contribution in [2.24, 2.45) is 11.5 Å². The lowest BCUT2D eigenvalue weighted by Crippen LogP contribution is -2.54. The quantitative estimate of drug-likeness (QED) is 0.560. The summed E-state index contributed by atoms with van der Waals surface area (Å²) >= 11 is 0. The Balaban J connectivity index is 3.03. The molecule has 0 aromatic carbocycles. The number of hydrogen-bond donors (Lipinski definition) is 3. The van der Waals surface area contributed by atoms with Crippen LogP contribution in [0.15, 0.2) is 23.7 Å². The molecular weight excluding hydrogens is 192 g/mol. The van der Waals surface area contributed by atoms with Crippen molar-refractivity contribution in [1.82, 2.24) is 10.2 Å². The standard InChI is InChI=1S/C10H18N4O/c1-10(2,3)14-6-13-8(12)7(4-5-11)9(14)15/h4-5,13H,6,11-12H2,1-3H3/b5-4-. The molecule has 0 atom stereocenters. The van der Waals surface area contributed by atoms with Crippen LogP contribution >= 0.6 is 0 Å². The molecule has 0 spiro atoms. The first-order chi connectivity index (χ1) is 6.88. The number of nitrogens with zero attached hydrogens (tertiary/aromatic N) is 1. The summed E-state index contributed by atoms with van der Waals surface area (Å²) in [6, 6.07) is 0. The molecule has 1 rings (SSSR count). The maximum atomic E-state index is 12.0. The van der Waals surface area contributed by atoms with E-state index in [1.165, 1.54) is 12.3 Å². The van der Waals surface area contributed by atoms with Gasteiger partial charge < -0.3 is 21.7 Å². The molecule has 84 valence electrons. The highest BCUT2D eigenvalue weighted by Gasteiger charge is 2.31. The highest BCUT2D eigenvalue weighted by molar-refractivity contribution is 5.97. The average molecular weight is 210 g/mol. The Morgan fingerprint density at radius 1 is 1.47 bits per heavy atom. The summed E-state index contributed by atoms with van der Waals surface area (Å²) in [7, 11) is 0. The van der Waals surface area contributed by atoms with Crippen molar-refractivity contribution in [3.05, 3.63) is 23.7 Å². The SMILES string of the molecule is CC(C)(C)N1CNC(N)=C(/C=C\N)C1=O. The van der Waals surface area contributed by atoms with Crippen molar-refractivity contribution < 1.29 is 4.79 Å². The Hall–Kier alpha value is -1.65. The summed E-state index contributed by atoms with van der Waals surface area (Å²) in [5, 5.41) is 2.96. The average Bonchev–Trinajstić information content (AvgIpc) is 2.09. The van der Waals surface area contributed by atoms with E-state index >= 15 is 0 Å². The van der Waals surface area contributed by atoms with Gasteiger partial charge in [-0.25, -0.2) is 0 Å². The number of carbonyl (C=O) groups is 1. The maximum Gasteiger partial charge on any atom is 0.259 e. The van der Waals surface area contributed by atoms with Gasteiger partial charge in [0.05, 0.1) is 12.2 Å². The summed E-state index contributed by atoms with van der Waals surface area (Å²) < 4.78 is 0. The monoisotopic (exact) mass is 210 g/mol. The van der Waals surface area contributed by atoms with E-state index in [-0.39, 0.29) is 11.4 Å². The molecule has 1 aliphatic heterocycles. The first-order valence-electron chi connectivity index (χ1n) is 4.82. The third kappa shape index (κ3) is 2.23. The van der Waals surface area contributed by atoms with Crippen LogP contribution in [0.2, 0.25) is 0 Å². The predicted octanol–water partition coefficient (Wildman–Crippen LogP) is -0.183. The zero-order valence-corrected chi connectivity index (χ0v) is 9.37. The molecule has 5 nitrogen and oxygen atoms in total. The lowest BCUT2D eigenvalue weighted by atomic mass is 10.0. The fraction of sp³-hybridized carbons (Fsp3) is 0.500. The number of hydrogen-bond acceptors (Lipinski definition) is 4. The van der Waals surface area contributed by atoms with E-state index in [9.17, 15) is 4.79 Å². The third-order valence-electron chi connectivity index (χ3n) is 2.27. The second kappa shape index (κ2) is 3.84. The minimum absolute atomic E-state index is 0.0968. The number of carbonyl (C=O) groups excluding carboxylic acids is 1. The van der Waals surface area contributed by atoms with E-state index in [1.54, 1.807) is 4.90 Å². The van der Waals surface area contributed by atoms with Crippen LogP contribution in [0.5, 0.6) is 0 Å². The van der Waals surface area contributed by atoms with Crippen LogP contribution in [-0.2, 0) is 4.79 Å². The second-order valence-corrected chi connectivity index (χ2v) is 4.43. The number of nitrogens with one attached hydrogen (secondary N) is 1. The lowest BCUT2D eigenvalue weighted by molar-refractivity contribution is -0.132. The van der Waals surface area contributed by atoms with E-state index in [0.29, 0.717) is 18.1 Å². The largest absolute Gasteiger partial charge is 0.405 e. The minimum Gasteiger partial charge on any atom is -0.405 e. The molecule has 0 aromatic rings. The normalized spacial score (nSPS) is 18.6. The molecule has 0 radical (unpaired) electrons. The number of nitrogens with two attached hydrogens (primary N) is 2.